The van der Waals surface area contributed by atoms with Crippen LogP contribution in [0.4, 0.5) is 0 Å². The molecule has 0 amide bonds. The van der Waals surface area contributed by atoms with Crippen LogP contribution in [0.2, 0.25) is 10.0 Å². The molecule has 2 fully saturated rings. The lowest BCUT2D eigenvalue weighted by Gasteiger charge is -2.38. The molecule has 7 rings (SSSR count). The monoisotopic (exact) mass is 550 g/mol. The van der Waals surface area contributed by atoms with Gasteiger partial charge in [-0.1, -0.05) is 108 Å². The number of carbonyl (C=O) groups is 3. The zero-order valence-corrected chi connectivity index (χ0v) is 21.9. The number of fused-ring (bicyclic) bond motifs is 5. The van der Waals surface area contributed by atoms with Crippen LogP contribution in [-0.4, -0.2) is 17.7 Å². The number of halogens is 2. The van der Waals surface area contributed by atoms with E-state index < -0.39 is 34.6 Å². The molecule has 190 valence electrons. The number of allylic oxidation sites excluding steroid dienone is 2. The zero-order valence-electron chi connectivity index (χ0n) is 20.4. The van der Waals surface area contributed by atoms with E-state index in [1.165, 1.54) is 0 Å². The second-order valence-electron chi connectivity index (χ2n) is 10.1. The Labute approximate surface area is 234 Å². The third-order valence-electron chi connectivity index (χ3n) is 8.45. The predicted octanol–water partition coefficient (Wildman–Crippen LogP) is 6.69. The summed E-state index contributed by atoms with van der Waals surface area (Å²) in [5.41, 5.74) is 1.21. The summed E-state index contributed by atoms with van der Waals surface area (Å²) in [7, 11) is 0. The van der Waals surface area contributed by atoms with Crippen LogP contribution >= 0.6 is 23.2 Å². The summed E-state index contributed by atoms with van der Waals surface area (Å²) in [5, 5.41) is 0.996. The number of benzene rings is 4. The normalized spacial score (nSPS) is 27.2. The van der Waals surface area contributed by atoms with Crippen molar-refractivity contribution in [2.45, 2.75) is 10.8 Å². The number of cyclic esters (lactones) is 2. The van der Waals surface area contributed by atoms with E-state index in [1.54, 1.807) is 48.5 Å². The summed E-state index contributed by atoms with van der Waals surface area (Å²) in [6.45, 7) is 0. The third-order valence-corrected chi connectivity index (χ3v) is 8.96. The maximum Gasteiger partial charge on any atom is 0.319 e. The molecule has 4 aromatic rings. The van der Waals surface area contributed by atoms with Crippen LogP contribution in [0.1, 0.15) is 22.3 Å². The van der Waals surface area contributed by atoms with E-state index in [4.69, 9.17) is 27.9 Å². The first kappa shape index (κ1) is 24.1. The third kappa shape index (κ3) is 2.99. The predicted molar refractivity (Wildman–Crippen MR) is 149 cm³/mol. The van der Waals surface area contributed by atoms with Crippen LogP contribution in [-0.2, 0) is 30.0 Å². The molecule has 2 bridgehead atoms. The second kappa shape index (κ2) is 8.51. The molecule has 4 nitrogen and oxygen atoms in total. The average Bonchev–Trinajstić information content (AvgIpc) is 3.49. The highest BCUT2D eigenvalue weighted by Crippen LogP contribution is 2.74. The highest BCUT2D eigenvalue weighted by Gasteiger charge is 2.82. The van der Waals surface area contributed by atoms with Crippen molar-refractivity contribution < 1.29 is 19.1 Å². The highest BCUT2D eigenvalue weighted by molar-refractivity contribution is 6.35. The molecule has 1 heterocycles. The Morgan fingerprint density at radius 1 is 0.513 bits per heavy atom. The summed E-state index contributed by atoms with van der Waals surface area (Å²) in [5.74, 6) is -3.69. The van der Waals surface area contributed by atoms with Gasteiger partial charge in [-0.2, -0.15) is 0 Å². The SMILES string of the molecule is O=C1OC(=O)[C@H]2[C@@H]1[C@@]1(c3ccc(Cl)cc3)C(=O)[C@@]2(c2ccc(Cl)cc2)C(c2ccccc2)=C1c1ccccc1. The molecule has 1 saturated heterocycles. The van der Waals surface area contributed by atoms with Gasteiger partial charge in [0.05, 0.1) is 22.7 Å². The maximum absolute atomic E-state index is 15.4. The molecule has 3 aliphatic rings. The topological polar surface area (TPSA) is 60.4 Å². The van der Waals surface area contributed by atoms with Gasteiger partial charge in [0.25, 0.3) is 0 Å². The van der Waals surface area contributed by atoms with Crippen LogP contribution < -0.4 is 0 Å². The molecule has 1 saturated carbocycles. The first-order valence-corrected chi connectivity index (χ1v) is 13.4. The molecular weight excluding hydrogens is 531 g/mol. The number of rotatable bonds is 4. The molecule has 4 atom stereocenters. The summed E-state index contributed by atoms with van der Waals surface area (Å²) in [6, 6.07) is 33.1. The van der Waals surface area contributed by atoms with Gasteiger partial charge in [-0.15, -0.1) is 0 Å². The summed E-state index contributed by atoms with van der Waals surface area (Å²) < 4.78 is 5.36. The lowest BCUT2D eigenvalue weighted by atomic mass is 9.59. The second-order valence-corrected chi connectivity index (χ2v) is 11.0. The molecule has 0 radical (unpaired) electrons. The number of ether oxygens (including phenoxy) is 1. The van der Waals surface area contributed by atoms with E-state index in [1.807, 2.05) is 60.7 Å². The van der Waals surface area contributed by atoms with Gasteiger partial charge in [0, 0.05) is 10.0 Å². The van der Waals surface area contributed by atoms with Crippen molar-refractivity contribution in [3.63, 3.8) is 0 Å². The molecular formula is C33H20Cl2O4. The van der Waals surface area contributed by atoms with Gasteiger partial charge in [-0.3, -0.25) is 14.4 Å². The van der Waals surface area contributed by atoms with E-state index in [0.29, 0.717) is 32.3 Å². The largest absolute Gasteiger partial charge is 0.393 e. The maximum atomic E-state index is 15.4. The van der Waals surface area contributed by atoms with Crippen LogP contribution in [0.3, 0.4) is 0 Å². The first-order valence-electron chi connectivity index (χ1n) is 12.6. The Hall–Kier alpha value is -3.99. The van der Waals surface area contributed by atoms with Crippen LogP contribution in [0, 0.1) is 11.8 Å². The minimum Gasteiger partial charge on any atom is -0.393 e. The number of hydrogen-bond donors (Lipinski definition) is 0. The van der Waals surface area contributed by atoms with Gasteiger partial charge in [-0.05, 0) is 57.7 Å². The fraction of sp³-hybridized carbons (Fsp3) is 0.121. The Balaban J connectivity index is 1.72. The van der Waals surface area contributed by atoms with Crippen LogP contribution in [0.15, 0.2) is 109 Å². The standard InChI is InChI=1S/C33H20Cl2O4/c34-23-15-11-21(12-16-23)32-25(19-7-3-1-4-8-19)26(20-9-5-2-6-10-20)33(31(32)38,22-13-17-24(35)18-14-22)28-27(32)29(36)39-30(28)37/h1-18,27-28H/t27-,28+,32-,33-/m0/s1. The Morgan fingerprint density at radius 3 is 1.23 bits per heavy atom. The Bertz CT molecular complexity index is 1570. The van der Waals surface area contributed by atoms with Gasteiger partial charge < -0.3 is 4.74 Å². The molecule has 0 unspecified atom stereocenters. The fourth-order valence-electron chi connectivity index (χ4n) is 7.17. The quantitative estimate of drug-likeness (QED) is 0.210. The first-order chi connectivity index (χ1) is 18.9. The number of esters is 2. The minimum atomic E-state index is -1.48. The summed E-state index contributed by atoms with van der Waals surface area (Å²) >= 11 is 12.6. The van der Waals surface area contributed by atoms with Crippen molar-refractivity contribution in [2.24, 2.45) is 11.8 Å². The van der Waals surface area contributed by atoms with E-state index in [2.05, 4.69) is 0 Å². The van der Waals surface area contributed by atoms with Crippen molar-refractivity contribution in [1.82, 2.24) is 0 Å². The number of hydrogen-bond acceptors (Lipinski definition) is 4. The van der Waals surface area contributed by atoms with Gasteiger partial charge in [0.1, 0.15) is 0 Å². The summed E-state index contributed by atoms with van der Waals surface area (Å²) in [4.78, 5) is 42.6. The van der Waals surface area contributed by atoms with Gasteiger partial charge in [0.2, 0.25) is 0 Å². The smallest absolute Gasteiger partial charge is 0.319 e. The number of Topliss-reactive ketones (excluding diaryl/α,β-unsaturated/α-hetero) is 1. The highest BCUT2D eigenvalue weighted by atomic mass is 35.5. The average molecular weight is 551 g/mol. The van der Waals surface area contributed by atoms with E-state index >= 15 is 4.79 Å². The Morgan fingerprint density at radius 2 is 0.872 bits per heavy atom. The lowest BCUT2D eigenvalue weighted by Crippen LogP contribution is -2.41. The minimum absolute atomic E-state index is 0.225. The van der Waals surface area contributed by atoms with Gasteiger partial charge in [-0.25, -0.2) is 0 Å². The van der Waals surface area contributed by atoms with E-state index in [9.17, 15) is 9.59 Å². The molecule has 0 N–H and O–H groups in total. The van der Waals surface area contributed by atoms with Gasteiger partial charge >= 0.3 is 11.9 Å². The molecule has 6 heteroatoms. The summed E-state index contributed by atoms with van der Waals surface area (Å²) in [6.07, 6.45) is 0. The molecule has 2 aliphatic carbocycles. The number of carbonyl (C=O) groups excluding carboxylic acids is 3. The number of ketones is 1. The van der Waals surface area contributed by atoms with Crippen molar-refractivity contribution >= 4 is 52.1 Å². The van der Waals surface area contributed by atoms with Crippen molar-refractivity contribution in [3.05, 3.63) is 141 Å². The van der Waals surface area contributed by atoms with E-state index in [0.717, 1.165) is 11.1 Å². The molecule has 1 aliphatic heterocycles. The Kier molecular flexibility index (Phi) is 5.25. The van der Waals surface area contributed by atoms with Crippen LogP contribution in [0.25, 0.3) is 11.1 Å². The van der Waals surface area contributed by atoms with Crippen molar-refractivity contribution in [3.8, 4) is 0 Å². The zero-order chi connectivity index (χ0) is 26.9. The van der Waals surface area contributed by atoms with Crippen molar-refractivity contribution in [2.75, 3.05) is 0 Å². The van der Waals surface area contributed by atoms with Gasteiger partial charge in [0.15, 0.2) is 5.78 Å². The van der Waals surface area contributed by atoms with Crippen molar-refractivity contribution in [1.29, 1.82) is 0 Å². The lowest BCUT2D eigenvalue weighted by molar-refractivity contribution is -0.156. The molecule has 0 aromatic heterocycles. The molecule has 39 heavy (non-hydrogen) atoms. The molecule has 0 spiro atoms. The van der Waals surface area contributed by atoms with E-state index in [-0.39, 0.29) is 5.78 Å². The van der Waals surface area contributed by atoms with Crippen LogP contribution in [0.5, 0.6) is 0 Å². The fourth-order valence-corrected chi connectivity index (χ4v) is 7.42. The molecule has 4 aromatic carbocycles.